The average molecular weight is 235 g/mol. The van der Waals surface area contributed by atoms with E-state index in [0.717, 1.165) is 24.7 Å². The van der Waals surface area contributed by atoms with Crippen LogP contribution in [0.15, 0.2) is 12.3 Å². The summed E-state index contributed by atoms with van der Waals surface area (Å²) in [6, 6.07) is 2.47. The Morgan fingerprint density at radius 3 is 2.71 bits per heavy atom. The lowest BCUT2D eigenvalue weighted by Gasteiger charge is -2.30. The lowest BCUT2D eigenvalue weighted by molar-refractivity contribution is 0.247. The highest BCUT2D eigenvalue weighted by Crippen LogP contribution is 2.30. The summed E-state index contributed by atoms with van der Waals surface area (Å²) in [5.74, 6) is 1.66. The minimum absolute atomic E-state index is 0.373. The van der Waals surface area contributed by atoms with Gasteiger partial charge < -0.3 is 5.73 Å². The van der Waals surface area contributed by atoms with Gasteiger partial charge in [-0.1, -0.05) is 19.8 Å². The molecular formula is C14H25N3. The van der Waals surface area contributed by atoms with Crippen LogP contribution in [0.25, 0.3) is 0 Å². The quantitative estimate of drug-likeness (QED) is 0.871. The number of hydrogen-bond donors (Lipinski definition) is 1. The normalized spacial score (nSPS) is 27.0. The van der Waals surface area contributed by atoms with Gasteiger partial charge in [-0.3, -0.25) is 4.68 Å². The third-order valence-electron chi connectivity index (χ3n) is 4.32. The molecule has 1 unspecified atom stereocenters. The molecule has 1 aliphatic carbocycles. The number of aryl methyl sites for hydroxylation is 2. The lowest BCUT2D eigenvalue weighted by Crippen LogP contribution is -2.33. The first kappa shape index (κ1) is 12.6. The summed E-state index contributed by atoms with van der Waals surface area (Å²) in [5, 5.41) is 4.19. The van der Waals surface area contributed by atoms with E-state index in [0.29, 0.717) is 6.04 Å². The van der Waals surface area contributed by atoms with Crippen LogP contribution in [-0.4, -0.2) is 15.8 Å². The monoisotopic (exact) mass is 235 g/mol. The molecular weight excluding hydrogens is 210 g/mol. The molecule has 1 atom stereocenters. The maximum atomic E-state index is 6.33. The van der Waals surface area contributed by atoms with Gasteiger partial charge in [0.15, 0.2) is 0 Å². The highest BCUT2D eigenvalue weighted by atomic mass is 15.2. The molecule has 3 nitrogen and oxygen atoms in total. The molecule has 0 aromatic carbocycles. The summed E-state index contributed by atoms with van der Waals surface area (Å²) in [4.78, 5) is 0. The number of hydrogen-bond acceptors (Lipinski definition) is 2. The molecule has 0 radical (unpaired) electrons. The largest absolute Gasteiger partial charge is 0.327 e. The van der Waals surface area contributed by atoms with Crippen molar-refractivity contribution >= 4 is 0 Å². The van der Waals surface area contributed by atoms with Crippen LogP contribution in [0.1, 0.15) is 44.7 Å². The smallest absolute Gasteiger partial charge is 0.0492 e. The summed E-state index contributed by atoms with van der Waals surface area (Å²) in [6.07, 6.45) is 9.40. The maximum absolute atomic E-state index is 6.33. The molecule has 2 rings (SSSR count). The second-order valence-electron chi connectivity index (χ2n) is 5.67. The summed E-state index contributed by atoms with van der Waals surface area (Å²) >= 11 is 0. The molecule has 0 spiro atoms. The third kappa shape index (κ3) is 3.32. The first-order valence-electron chi connectivity index (χ1n) is 6.89. The van der Waals surface area contributed by atoms with Crippen LogP contribution in [0, 0.1) is 11.8 Å². The first-order valence-corrected chi connectivity index (χ1v) is 6.89. The fourth-order valence-electron chi connectivity index (χ4n) is 2.91. The van der Waals surface area contributed by atoms with Crippen molar-refractivity contribution in [3.05, 3.63) is 18.0 Å². The topological polar surface area (TPSA) is 43.8 Å². The summed E-state index contributed by atoms with van der Waals surface area (Å²) < 4.78 is 1.95. The number of nitrogens with zero attached hydrogens (tertiary/aromatic N) is 2. The molecule has 1 aliphatic rings. The summed E-state index contributed by atoms with van der Waals surface area (Å²) in [6.45, 7) is 2.36. The molecule has 0 aliphatic heterocycles. The van der Waals surface area contributed by atoms with Crippen molar-refractivity contribution in [2.75, 3.05) is 0 Å². The van der Waals surface area contributed by atoms with Gasteiger partial charge in [0.25, 0.3) is 0 Å². The Morgan fingerprint density at radius 2 is 2.12 bits per heavy atom. The van der Waals surface area contributed by atoms with Crippen molar-refractivity contribution in [2.24, 2.45) is 24.6 Å². The molecule has 1 aromatic rings. The fourth-order valence-corrected chi connectivity index (χ4v) is 2.91. The zero-order chi connectivity index (χ0) is 12.3. The second-order valence-corrected chi connectivity index (χ2v) is 5.67. The molecule has 2 N–H and O–H groups in total. The van der Waals surface area contributed by atoms with E-state index in [2.05, 4.69) is 18.1 Å². The molecule has 1 aromatic heterocycles. The first-order chi connectivity index (χ1) is 8.16. The van der Waals surface area contributed by atoms with E-state index in [4.69, 9.17) is 5.73 Å². The Kier molecular flexibility index (Phi) is 4.21. The Bertz CT molecular complexity index is 337. The molecule has 0 amide bonds. The predicted molar refractivity (Wildman–Crippen MR) is 70.6 cm³/mol. The van der Waals surface area contributed by atoms with Gasteiger partial charge in [0.2, 0.25) is 0 Å². The van der Waals surface area contributed by atoms with Gasteiger partial charge in [-0.2, -0.15) is 5.10 Å². The Balaban J connectivity index is 1.77. The van der Waals surface area contributed by atoms with Crippen LogP contribution in [0.5, 0.6) is 0 Å². The molecule has 1 saturated carbocycles. The van der Waals surface area contributed by atoms with Gasteiger partial charge in [-0.25, -0.2) is 0 Å². The average Bonchev–Trinajstić information content (AvgIpc) is 2.73. The second kappa shape index (κ2) is 5.67. The lowest BCUT2D eigenvalue weighted by atomic mass is 9.78. The van der Waals surface area contributed by atoms with Gasteiger partial charge in [-0.05, 0) is 43.6 Å². The molecule has 1 heterocycles. The van der Waals surface area contributed by atoms with Gasteiger partial charge in [0.05, 0.1) is 0 Å². The van der Waals surface area contributed by atoms with Crippen LogP contribution in [0.2, 0.25) is 0 Å². The van der Waals surface area contributed by atoms with Crippen LogP contribution in [-0.2, 0) is 13.5 Å². The van der Waals surface area contributed by atoms with Crippen LogP contribution in [0.4, 0.5) is 0 Å². The minimum atomic E-state index is 0.373. The van der Waals surface area contributed by atoms with Gasteiger partial charge in [0, 0.05) is 25.0 Å². The standard InChI is InChI=1S/C14H25N3/c1-11-3-5-12(6-4-11)14(15)8-7-13-9-10-16-17(13)2/h9-12,14H,3-8,15H2,1-2H3. The van der Waals surface area contributed by atoms with Crippen LogP contribution >= 0.6 is 0 Å². The molecule has 3 heteroatoms. The Morgan fingerprint density at radius 1 is 1.41 bits per heavy atom. The molecule has 96 valence electrons. The van der Waals surface area contributed by atoms with E-state index in [1.165, 1.54) is 31.4 Å². The molecule has 1 fully saturated rings. The fraction of sp³-hybridized carbons (Fsp3) is 0.786. The van der Waals surface area contributed by atoms with E-state index in [-0.39, 0.29) is 0 Å². The molecule has 0 bridgehead atoms. The van der Waals surface area contributed by atoms with Gasteiger partial charge in [0.1, 0.15) is 0 Å². The Labute approximate surface area is 104 Å². The number of rotatable bonds is 4. The van der Waals surface area contributed by atoms with Crippen molar-refractivity contribution in [3.8, 4) is 0 Å². The summed E-state index contributed by atoms with van der Waals surface area (Å²) in [7, 11) is 2.00. The van der Waals surface area contributed by atoms with Gasteiger partial charge in [-0.15, -0.1) is 0 Å². The maximum Gasteiger partial charge on any atom is 0.0492 e. The SMILES string of the molecule is CC1CCC(C(N)CCc2ccnn2C)CC1. The number of nitrogens with two attached hydrogens (primary N) is 1. The van der Waals surface area contributed by atoms with Crippen LogP contribution < -0.4 is 5.73 Å². The zero-order valence-electron chi connectivity index (χ0n) is 11.1. The molecule has 17 heavy (non-hydrogen) atoms. The van der Waals surface area contributed by atoms with Crippen molar-refractivity contribution < 1.29 is 0 Å². The van der Waals surface area contributed by atoms with Crippen molar-refractivity contribution in [1.29, 1.82) is 0 Å². The minimum Gasteiger partial charge on any atom is -0.327 e. The highest BCUT2D eigenvalue weighted by Gasteiger charge is 2.23. The van der Waals surface area contributed by atoms with Crippen LogP contribution in [0.3, 0.4) is 0 Å². The third-order valence-corrected chi connectivity index (χ3v) is 4.32. The van der Waals surface area contributed by atoms with Crippen molar-refractivity contribution in [3.63, 3.8) is 0 Å². The number of aromatic nitrogens is 2. The van der Waals surface area contributed by atoms with E-state index in [9.17, 15) is 0 Å². The molecule has 0 saturated heterocycles. The predicted octanol–water partition coefficient (Wildman–Crippen LogP) is 2.51. The van der Waals surface area contributed by atoms with Crippen molar-refractivity contribution in [2.45, 2.75) is 51.5 Å². The van der Waals surface area contributed by atoms with Crippen molar-refractivity contribution in [1.82, 2.24) is 9.78 Å². The van der Waals surface area contributed by atoms with Gasteiger partial charge >= 0.3 is 0 Å². The summed E-state index contributed by atoms with van der Waals surface area (Å²) in [5.41, 5.74) is 7.63. The van der Waals surface area contributed by atoms with E-state index in [1.54, 1.807) is 0 Å². The Hall–Kier alpha value is -0.830. The van der Waals surface area contributed by atoms with E-state index in [1.807, 2.05) is 17.9 Å². The zero-order valence-corrected chi connectivity index (χ0v) is 11.1. The highest BCUT2D eigenvalue weighted by molar-refractivity contribution is 5.00. The van der Waals surface area contributed by atoms with E-state index >= 15 is 0 Å². The van der Waals surface area contributed by atoms with E-state index < -0.39 is 0 Å².